The minimum absolute atomic E-state index is 0.112. The minimum atomic E-state index is -0.178. The number of urea groups is 1. The van der Waals surface area contributed by atoms with E-state index in [4.69, 9.17) is 0 Å². The molecule has 2 amide bonds. The van der Waals surface area contributed by atoms with Crippen molar-refractivity contribution >= 4 is 6.03 Å². The van der Waals surface area contributed by atoms with Crippen LogP contribution < -0.4 is 5.32 Å². The summed E-state index contributed by atoms with van der Waals surface area (Å²) >= 11 is 0. The van der Waals surface area contributed by atoms with Gasteiger partial charge in [0, 0.05) is 12.1 Å². The first-order chi connectivity index (χ1) is 11.7. The molecule has 0 radical (unpaired) electrons. The van der Waals surface area contributed by atoms with Gasteiger partial charge in [0.1, 0.15) is 0 Å². The van der Waals surface area contributed by atoms with E-state index < -0.39 is 0 Å². The number of fused-ring (bicyclic) bond motifs is 1. The number of hydrogen-bond acceptors (Lipinski definition) is 2. The Bertz CT molecular complexity index is 591. The molecule has 0 bridgehead atoms. The predicted molar refractivity (Wildman–Crippen MR) is 93.8 cm³/mol. The number of nitrogens with zero attached hydrogens (tertiary/aromatic N) is 1. The van der Waals surface area contributed by atoms with E-state index in [2.05, 4.69) is 34.5 Å². The van der Waals surface area contributed by atoms with Gasteiger partial charge in [-0.1, -0.05) is 24.3 Å². The number of carbonyl (C=O) groups is 1. The van der Waals surface area contributed by atoms with Gasteiger partial charge in [0.25, 0.3) is 0 Å². The Labute approximate surface area is 144 Å². The third-order valence-corrected chi connectivity index (χ3v) is 5.87. The number of carbonyl (C=O) groups excluding carboxylic acids is 1. The van der Waals surface area contributed by atoms with E-state index in [-0.39, 0.29) is 24.2 Å². The number of hydrogen-bond donors (Lipinski definition) is 2. The first kappa shape index (κ1) is 15.9. The van der Waals surface area contributed by atoms with Gasteiger partial charge in [0.15, 0.2) is 0 Å². The Morgan fingerprint density at radius 3 is 2.54 bits per heavy atom. The Morgan fingerprint density at radius 1 is 1.04 bits per heavy atom. The minimum Gasteiger partial charge on any atom is -0.393 e. The molecule has 1 atom stereocenters. The van der Waals surface area contributed by atoms with Gasteiger partial charge in [-0.15, -0.1) is 0 Å². The summed E-state index contributed by atoms with van der Waals surface area (Å²) in [5.41, 5.74) is 2.76. The molecule has 3 aliphatic carbocycles. The molecule has 1 aromatic rings. The molecular formula is C20H28N2O2. The van der Waals surface area contributed by atoms with Crippen molar-refractivity contribution in [3.05, 3.63) is 35.4 Å². The molecule has 0 aromatic heterocycles. The standard InChI is InChI=1S/C20H28N2O2/c23-17-12-8-15(9-13-17)21-20(24)22(16-10-11-16)19-7-3-5-14-4-1-2-6-18(14)19/h1-2,4,6,15-17,19,23H,3,5,7-13H2,(H,21,24). The van der Waals surface area contributed by atoms with Gasteiger partial charge in [-0.2, -0.15) is 0 Å². The zero-order chi connectivity index (χ0) is 16.5. The van der Waals surface area contributed by atoms with Crippen molar-refractivity contribution in [2.75, 3.05) is 0 Å². The molecule has 4 nitrogen and oxygen atoms in total. The predicted octanol–water partition coefficient (Wildman–Crippen LogP) is 3.54. The third kappa shape index (κ3) is 3.30. The highest BCUT2D eigenvalue weighted by molar-refractivity contribution is 5.76. The fraction of sp³-hybridized carbons (Fsp3) is 0.650. The maximum absolute atomic E-state index is 13.0. The monoisotopic (exact) mass is 328 g/mol. The van der Waals surface area contributed by atoms with Crippen LogP contribution in [0.2, 0.25) is 0 Å². The highest BCUT2D eigenvalue weighted by Gasteiger charge is 2.40. The van der Waals surface area contributed by atoms with Gasteiger partial charge < -0.3 is 15.3 Å². The van der Waals surface area contributed by atoms with Crippen LogP contribution in [0.1, 0.15) is 68.5 Å². The topological polar surface area (TPSA) is 52.6 Å². The van der Waals surface area contributed by atoms with E-state index in [9.17, 15) is 9.90 Å². The Hall–Kier alpha value is -1.55. The first-order valence-electron chi connectivity index (χ1n) is 9.57. The first-order valence-corrected chi connectivity index (χ1v) is 9.57. The van der Waals surface area contributed by atoms with Crippen LogP contribution >= 0.6 is 0 Å². The van der Waals surface area contributed by atoms with Crippen LogP contribution in [0.25, 0.3) is 0 Å². The molecule has 3 aliphatic rings. The van der Waals surface area contributed by atoms with E-state index in [1.165, 1.54) is 11.1 Å². The normalized spacial score (nSPS) is 29.6. The molecule has 0 spiro atoms. The van der Waals surface area contributed by atoms with Crippen LogP contribution in [-0.2, 0) is 6.42 Å². The maximum atomic E-state index is 13.0. The van der Waals surface area contributed by atoms with Crippen LogP contribution in [0.3, 0.4) is 0 Å². The average molecular weight is 328 g/mol. The summed E-state index contributed by atoms with van der Waals surface area (Å²) < 4.78 is 0. The number of rotatable bonds is 3. The summed E-state index contributed by atoms with van der Waals surface area (Å²) in [7, 11) is 0. The van der Waals surface area contributed by atoms with Crippen molar-refractivity contribution in [1.29, 1.82) is 0 Å². The van der Waals surface area contributed by atoms with E-state index in [1.54, 1.807) is 0 Å². The van der Waals surface area contributed by atoms with Crippen LogP contribution in [0.4, 0.5) is 4.79 Å². The van der Waals surface area contributed by atoms with Crippen molar-refractivity contribution in [3.8, 4) is 0 Å². The number of nitrogens with one attached hydrogen (secondary N) is 1. The molecule has 4 heteroatoms. The smallest absolute Gasteiger partial charge is 0.318 e. The number of aliphatic hydroxyl groups is 1. The molecule has 0 heterocycles. The number of amides is 2. The molecule has 1 unspecified atom stereocenters. The number of aliphatic hydroxyl groups excluding tert-OH is 1. The van der Waals surface area contributed by atoms with Crippen LogP contribution in [0.15, 0.2) is 24.3 Å². The lowest BCUT2D eigenvalue weighted by Gasteiger charge is -2.37. The van der Waals surface area contributed by atoms with Crippen molar-refractivity contribution in [1.82, 2.24) is 10.2 Å². The van der Waals surface area contributed by atoms with Crippen LogP contribution in [0.5, 0.6) is 0 Å². The molecule has 2 fully saturated rings. The van der Waals surface area contributed by atoms with Crippen LogP contribution in [0, 0.1) is 0 Å². The maximum Gasteiger partial charge on any atom is 0.318 e. The van der Waals surface area contributed by atoms with Gasteiger partial charge in [0.2, 0.25) is 0 Å². The van der Waals surface area contributed by atoms with Gasteiger partial charge >= 0.3 is 6.03 Å². The zero-order valence-corrected chi connectivity index (χ0v) is 14.3. The highest BCUT2D eigenvalue weighted by atomic mass is 16.3. The fourth-order valence-corrected chi connectivity index (χ4v) is 4.40. The summed E-state index contributed by atoms with van der Waals surface area (Å²) in [5, 5.41) is 12.9. The van der Waals surface area contributed by atoms with Crippen LogP contribution in [-0.4, -0.2) is 34.2 Å². The quantitative estimate of drug-likeness (QED) is 0.891. The van der Waals surface area contributed by atoms with E-state index in [0.717, 1.165) is 57.8 Å². The summed E-state index contributed by atoms with van der Waals surface area (Å²) in [4.78, 5) is 15.2. The summed E-state index contributed by atoms with van der Waals surface area (Å²) in [6.07, 6.45) is 8.86. The molecule has 24 heavy (non-hydrogen) atoms. The van der Waals surface area contributed by atoms with Crippen molar-refractivity contribution in [3.63, 3.8) is 0 Å². The van der Waals surface area contributed by atoms with E-state index in [0.29, 0.717) is 6.04 Å². The summed E-state index contributed by atoms with van der Waals surface area (Å²) in [6, 6.07) is 9.61. The third-order valence-electron chi connectivity index (χ3n) is 5.87. The Balaban J connectivity index is 1.50. The average Bonchev–Trinajstić information content (AvgIpc) is 3.42. The van der Waals surface area contributed by atoms with Gasteiger partial charge in [0.05, 0.1) is 12.1 Å². The molecule has 0 saturated heterocycles. The van der Waals surface area contributed by atoms with E-state index in [1.807, 2.05) is 0 Å². The van der Waals surface area contributed by atoms with Gasteiger partial charge in [-0.3, -0.25) is 0 Å². The zero-order valence-electron chi connectivity index (χ0n) is 14.3. The Kier molecular flexibility index (Phi) is 4.49. The Morgan fingerprint density at radius 2 is 1.79 bits per heavy atom. The lowest BCUT2D eigenvalue weighted by atomic mass is 9.86. The lowest BCUT2D eigenvalue weighted by Crippen LogP contribution is -2.49. The van der Waals surface area contributed by atoms with E-state index >= 15 is 0 Å². The lowest BCUT2D eigenvalue weighted by molar-refractivity contribution is 0.111. The SMILES string of the molecule is O=C(NC1CCC(O)CC1)N(C1CC1)C1CCCc2ccccc21. The second-order valence-corrected chi connectivity index (χ2v) is 7.70. The molecule has 4 rings (SSSR count). The summed E-state index contributed by atoms with van der Waals surface area (Å²) in [6.45, 7) is 0. The molecular weight excluding hydrogens is 300 g/mol. The number of aryl methyl sites for hydroxylation is 1. The molecule has 2 N–H and O–H groups in total. The summed E-state index contributed by atoms with van der Waals surface area (Å²) in [5.74, 6) is 0. The molecule has 2 saturated carbocycles. The van der Waals surface area contributed by atoms with Gasteiger partial charge in [-0.25, -0.2) is 4.79 Å². The fourth-order valence-electron chi connectivity index (χ4n) is 4.40. The molecule has 1 aromatic carbocycles. The second-order valence-electron chi connectivity index (χ2n) is 7.70. The van der Waals surface area contributed by atoms with Crippen molar-refractivity contribution in [2.45, 2.75) is 82.0 Å². The molecule has 130 valence electrons. The number of benzene rings is 1. The molecule has 0 aliphatic heterocycles. The van der Waals surface area contributed by atoms with Gasteiger partial charge in [-0.05, 0) is 68.9 Å². The largest absolute Gasteiger partial charge is 0.393 e. The van der Waals surface area contributed by atoms with Crippen molar-refractivity contribution in [2.24, 2.45) is 0 Å². The second kappa shape index (κ2) is 6.75. The highest BCUT2D eigenvalue weighted by Crippen LogP contribution is 2.40. The van der Waals surface area contributed by atoms with Crippen molar-refractivity contribution < 1.29 is 9.90 Å².